The standard InChI is InChI=1S/C20H29NO6/c1-5-25-18(23)14-8-10-15(11-9-14)26-17(21-12-6-7-13-21)16(22)19(24)27-20(2,3)4/h8-11,16-17,22H,5-7,12-13H2,1-4H3/t16-,17-/m1/s1. The van der Waals surface area contributed by atoms with Crippen molar-refractivity contribution in [3.8, 4) is 5.75 Å². The quantitative estimate of drug-likeness (QED) is 0.728. The summed E-state index contributed by atoms with van der Waals surface area (Å²) >= 11 is 0. The molecule has 27 heavy (non-hydrogen) atoms. The summed E-state index contributed by atoms with van der Waals surface area (Å²) in [6, 6.07) is 6.43. The maximum absolute atomic E-state index is 12.3. The second-order valence-corrected chi connectivity index (χ2v) is 7.47. The molecule has 0 spiro atoms. The van der Waals surface area contributed by atoms with E-state index in [2.05, 4.69) is 0 Å². The molecule has 1 aliphatic heterocycles. The molecule has 1 fully saturated rings. The number of likely N-dealkylation sites (tertiary alicyclic amines) is 1. The van der Waals surface area contributed by atoms with Gasteiger partial charge in [-0.15, -0.1) is 0 Å². The van der Waals surface area contributed by atoms with Gasteiger partial charge in [0.1, 0.15) is 11.4 Å². The fourth-order valence-electron chi connectivity index (χ4n) is 2.84. The smallest absolute Gasteiger partial charge is 0.340 e. The van der Waals surface area contributed by atoms with E-state index < -0.39 is 29.9 Å². The Balaban J connectivity index is 2.12. The molecule has 1 N–H and O–H groups in total. The van der Waals surface area contributed by atoms with Crippen LogP contribution in [0.15, 0.2) is 24.3 Å². The van der Waals surface area contributed by atoms with Gasteiger partial charge >= 0.3 is 11.9 Å². The maximum atomic E-state index is 12.3. The fraction of sp³-hybridized carbons (Fsp3) is 0.600. The van der Waals surface area contributed by atoms with Gasteiger partial charge in [-0.3, -0.25) is 4.90 Å². The molecule has 2 rings (SSSR count). The number of aliphatic hydroxyl groups excluding tert-OH is 1. The Morgan fingerprint density at radius 1 is 1.15 bits per heavy atom. The average molecular weight is 379 g/mol. The third-order valence-corrected chi connectivity index (χ3v) is 4.04. The van der Waals surface area contributed by atoms with Gasteiger partial charge in [0.25, 0.3) is 0 Å². The summed E-state index contributed by atoms with van der Waals surface area (Å²) in [6.07, 6.45) is -0.339. The number of esters is 2. The van der Waals surface area contributed by atoms with Gasteiger partial charge in [-0.1, -0.05) is 0 Å². The zero-order valence-corrected chi connectivity index (χ0v) is 16.4. The molecule has 1 saturated heterocycles. The molecular weight excluding hydrogens is 350 g/mol. The number of hydrogen-bond donors (Lipinski definition) is 1. The first-order valence-corrected chi connectivity index (χ1v) is 9.30. The minimum absolute atomic E-state index is 0.302. The molecule has 0 aliphatic carbocycles. The van der Waals surface area contributed by atoms with Crippen molar-refractivity contribution in [3.05, 3.63) is 29.8 Å². The first-order valence-electron chi connectivity index (χ1n) is 9.30. The van der Waals surface area contributed by atoms with Crippen LogP contribution >= 0.6 is 0 Å². The Morgan fingerprint density at radius 2 is 1.74 bits per heavy atom. The molecule has 0 radical (unpaired) electrons. The Morgan fingerprint density at radius 3 is 2.26 bits per heavy atom. The van der Waals surface area contributed by atoms with Gasteiger partial charge in [-0.25, -0.2) is 9.59 Å². The molecule has 1 aromatic carbocycles. The third-order valence-electron chi connectivity index (χ3n) is 4.04. The van der Waals surface area contributed by atoms with Crippen LogP contribution < -0.4 is 4.74 Å². The van der Waals surface area contributed by atoms with E-state index in [0.717, 1.165) is 25.9 Å². The molecule has 7 heteroatoms. The molecule has 0 bridgehead atoms. The number of hydrogen-bond acceptors (Lipinski definition) is 7. The highest BCUT2D eigenvalue weighted by Gasteiger charge is 2.37. The van der Waals surface area contributed by atoms with E-state index in [0.29, 0.717) is 17.9 Å². The fourth-order valence-corrected chi connectivity index (χ4v) is 2.84. The minimum atomic E-state index is -1.44. The second kappa shape index (κ2) is 9.19. The number of ether oxygens (including phenoxy) is 3. The average Bonchev–Trinajstić information content (AvgIpc) is 3.12. The van der Waals surface area contributed by atoms with Crippen LogP contribution in [0.4, 0.5) is 0 Å². The van der Waals surface area contributed by atoms with Crippen LogP contribution in [0, 0.1) is 0 Å². The van der Waals surface area contributed by atoms with E-state index in [1.807, 2.05) is 4.90 Å². The zero-order chi connectivity index (χ0) is 20.0. The number of carbonyl (C=O) groups excluding carboxylic acids is 2. The van der Waals surface area contributed by atoms with Crippen LogP contribution in [-0.4, -0.2) is 59.6 Å². The highest BCUT2D eigenvalue weighted by Crippen LogP contribution is 2.22. The predicted octanol–water partition coefficient (Wildman–Crippen LogP) is 2.37. The highest BCUT2D eigenvalue weighted by atomic mass is 16.6. The summed E-state index contributed by atoms with van der Waals surface area (Å²) in [4.78, 5) is 26.0. The van der Waals surface area contributed by atoms with Crippen LogP contribution in [0.3, 0.4) is 0 Å². The Bertz CT molecular complexity index is 631. The highest BCUT2D eigenvalue weighted by molar-refractivity contribution is 5.89. The van der Waals surface area contributed by atoms with E-state index in [-0.39, 0.29) is 0 Å². The topological polar surface area (TPSA) is 85.3 Å². The lowest BCUT2D eigenvalue weighted by molar-refractivity contribution is -0.176. The summed E-state index contributed by atoms with van der Waals surface area (Å²) in [5.41, 5.74) is -0.288. The van der Waals surface area contributed by atoms with Gasteiger partial charge in [0.05, 0.1) is 12.2 Å². The van der Waals surface area contributed by atoms with Crippen LogP contribution in [-0.2, 0) is 14.3 Å². The van der Waals surface area contributed by atoms with Crippen molar-refractivity contribution in [1.82, 2.24) is 4.90 Å². The van der Waals surface area contributed by atoms with Gasteiger partial charge in [0.15, 0.2) is 6.23 Å². The van der Waals surface area contributed by atoms with E-state index in [1.165, 1.54) is 0 Å². The largest absolute Gasteiger partial charge is 0.472 e. The number of rotatable bonds is 7. The number of aliphatic hydroxyl groups is 1. The lowest BCUT2D eigenvalue weighted by Gasteiger charge is -2.32. The van der Waals surface area contributed by atoms with Crippen LogP contribution in [0.5, 0.6) is 5.75 Å². The first kappa shape index (κ1) is 21.2. The molecule has 0 aromatic heterocycles. The molecule has 2 atom stereocenters. The van der Waals surface area contributed by atoms with Crippen molar-refractivity contribution >= 4 is 11.9 Å². The number of carbonyl (C=O) groups is 2. The monoisotopic (exact) mass is 379 g/mol. The van der Waals surface area contributed by atoms with Gasteiger partial charge in [-0.05, 0) is 64.8 Å². The van der Waals surface area contributed by atoms with E-state index in [9.17, 15) is 14.7 Å². The lowest BCUT2D eigenvalue weighted by Crippen LogP contribution is -2.51. The third kappa shape index (κ3) is 6.22. The SMILES string of the molecule is CCOC(=O)c1ccc(O[C@H]([C@@H](O)C(=O)OC(C)(C)C)N2CCCC2)cc1. The van der Waals surface area contributed by atoms with E-state index in [4.69, 9.17) is 14.2 Å². The van der Waals surface area contributed by atoms with Crippen molar-refractivity contribution < 1.29 is 28.9 Å². The Labute approximate surface area is 160 Å². The molecule has 0 unspecified atom stereocenters. The zero-order valence-electron chi connectivity index (χ0n) is 16.4. The molecule has 1 aliphatic rings. The summed E-state index contributed by atoms with van der Waals surface area (Å²) < 4.78 is 16.2. The molecule has 1 aromatic rings. The number of benzene rings is 1. The van der Waals surface area contributed by atoms with Crippen molar-refractivity contribution in [1.29, 1.82) is 0 Å². The first-order chi connectivity index (χ1) is 12.7. The van der Waals surface area contributed by atoms with Crippen molar-refractivity contribution in [3.63, 3.8) is 0 Å². The molecule has 150 valence electrons. The lowest BCUT2D eigenvalue weighted by atomic mass is 10.2. The van der Waals surface area contributed by atoms with Crippen molar-refractivity contribution in [2.24, 2.45) is 0 Å². The summed E-state index contributed by atoms with van der Waals surface area (Å²) in [5, 5.41) is 10.6. The van der Waals surface area contributed by atoms with E-state index >= 15 is 0 Å². The second-order valence-electron chi connectivity index (χ2n) is 7.47. The van der Waals surface area contributed by atoms with Crippen molar-refractivity contribution in [2.75, 3.05) is 19.7 Å². The van der Waals surface area contributed by atoms with Crippen LogP contribution in [0.25, 0.3) is 0 Å². The van der Waals surface area contributed by atoms with E-state index in [1.54, 1.807) is 52.0 Å². The Hall–Kier alpha value is -2.12. The van der Waals surface area contributed by atoms with Gasteiger partial charge in [0.2, 0.25) is 6.10 Å². The molecule has 0 amide bonds. The molecule has 0 saturated carbocycles. The molecule has 7 nitrogen and oxygen atoms in total. The predicted molar refractivity (Wildman–Crippen MR) is 99.5 cm³/mol. The van der Waals surface area contributed by atoms with Crippen molar-refractivity contribution in [2.45, 2.75) is 58.5 Å². The van der Waals surface area contributed by atoms with Gasteiger partial charge < -0.3 is 19.3 Å². The summed E-state index contributed by atoms with van der Waals surface area (Å²) in [7, 11) is 0. The molecule has 1 heterocycles. The van der Waals surface area contributed by atoms with Crippen LogP contribution in [0.1, 0.15) is 50.9 Å². The normalized spacial score (nSPS) is 17.2. The van der Waals surface area contributed by atoms with Gasteiger partial charge in [0, 0.05) is 13.1 Å². The molecular formula is C20H29NO6. The number of nitrogens with zero attached hydrogens (tertiary/aromatic N) is 1. The van der Waals surface area contributed by atoms with Crippen LogP contribution in [0.2, 0.25) is 0 Å². The maximum Gasteiger partial charge on any atom is 0.340 e. The minimum Gasteiger partial charge on any atom is -0.472 e. The summed E-state index contributed by atoms with van der Waals surface area (Å²) in [6.45, 7) is 8.74. The summed E-state index contributed by atoms with van der Waals surface area (Å²) in [5.74, 6) is -0.681. The Kier molecular flexibility index (Phi) is 7.21. The van der Waals surface area contributed by atoms with Gasteiger partial charge in [-0.2, -0.15) is 0 Å².